The molecule has 9 nitrogen and oxygen atoms in total. The molecule has 0 aromatic carbocycles. The molecule has 0 atom stereocenters. The lowest BCUT2D eigenvalue weighted by Crippen LogP contribution is -2.57. The average Bonchev–Trinajstić information content (AvgIpc) is 2.90. The second-order valence-electron chi connectivity index (χ2n) is 8.11. The van der Waals surface area contributed by atoms with Crippen LogP contribution in [0.15, 0.2) is 12.4 Å². The number of aryl methyl sites for hydroxylation is 1. The van der Waals surface area contributed by atoms with Crippen molar-refractivity contribution in [3.05, 3.63) is 18.0 Å². The quantitative estimate of drug-likeness (QED) is 0.714. The van der Waals surface area contributed by atoms with Crippen molar-refractivity contribution in [2.24, 2.45) is 5.92 Å². The molecule has 1 aromatic heterocycles. The number of nitrogens with one attached hydrogen (secondary N) is 1. The van der Waals surface area contributed by atoms with Gasteiger partial charge in [0, 0.05) is 39.1 Å². The van der Waals surface area contributed by atoms with Gasteiger partial charge in [0.2, 0.25) is 11.9 Å². The molecular weight excluding hydrogens is 372 g/mol. The molecule has 0 saturated carbocycles. The minimum Gasteiger partial charge on any atom is -0.358 e. The number of nitrogens with zero attached hydrogens (tertiary/aromatic N) is 5. The summed E-state index contributed by atoms with van der Waals surface area (Å²) in [5, 5.41) is 2.49. The number of hydrogen-bond acceptors (Lipinski definition) is 6. The van der Waals surface area contributed by atoms with Crippen molar-refractivity contribution in [3.8, 4) is 0 Å². The number of rotatable bonds is 6. The van der Waals surface area contributed by atoms with Crippen LogP contribution in [0, 0.1) is 5.92 Å². The van der Waals surface area contributed by atoms with Crippen LogP contribution in [0.3, 0.4) is 0 Å². The van der Waals surface area contributed by atoms with Crippen molar-refractivity contribution in [3.63, 3.8) is 0 Å². The minimum atomic E-state index is -0.894. The largest absolute Gasteiger partial charge is 0.358 e. The van der Waals surface area contributed by atoms with E-state index in [0.717, 1.165) is 16.9 Å². The van der Waals surface area contributed by atoms with Crippen molar-refractivity contribution in [2.45, 2.75) is 45.6 Å². The van der Waals surface area contributed by atoms with E-state index in [1.165, 1.54) is 7.05 Å². The van der Waals surface area contributed by atoms with Crippen LogP contribution in [0.25, 0.3) is 0 Å². The number of piperidine rings is 1. The van der Waals surface area contributed by atoms with Crippen molar-refractivity contribution in [1.82, 2.24) is 25.1 Å². The fraction of sp³-hybridized carbons (Fsp3) is 0.650. The molecule has 4 amide bonds. The number of anilines is 1. The molecule has 2 fully saturated rings. The third-order valence-corrected chi connectivity index (χ3v) is 5.72. The first-order valence-electron chi connectivity index (χ1n) is 10.2. The van der Waals surface area contributed by atoms with Crippen LogP contribution in [0.1, 0.15) is 39.2 Å². The Balaban J connectivity index is 1.81. The molecule has 2 saturated heterocycles. The number of carbonyl (C=O) groups excluding carboxylic acids is 3. The number of amides is 4. The van der Waals surface area contributed by atoms with Crippen LogP contribution >= 0.6 is 0 Å². The second-order valence-corrected chi connectivity index (χ2v) is 8.11. The summed E-state index contributed by atoms with van der Waals surface area (Å²) in [6, 6.07) is -0.371. The molecule has 0 unspecified atom stereocenters. The van der Waals surface area contributed by atoms with Crippen molar-refractivity contribution in [2.75, 3.05) is 38.1 Å². The monoisotopic (exact) mass is 402 g/mol. The molecule has 1 spiro atoms. The molecular formula is C20H30N6O3. The Morgan fingerprint density at radius 2 is 1.83 bits per heavy atom. The van der Waals surface area contributed by atoms with E-state index < -0.39 is 5.54 Å². The summed E-state index contributed by atoms with van der Waals surface area (Å²) in [6.07, 6.45) is 5.52. The molecule has 3 rings (SSSR count). The van der Waals surface area contributed by atoms with E-state index in [-0.39, 0.29) is 30.3 Å². The van der Waals surface area contributed by atoms with Gasteiger partial charge in [0.25, 0.3) is 5.91 Å². The number of likely N-dealkylation sites (N-methyl/N-ethyl adjacent to an activating group) is 1. The predicted molar refractivity (Wildman–Crippen MR) is 108 cm³/mol. The van der Waals surface area contributed by atoms with Crippen LogP contribution in [0.5, 0.6) is 0 Å². The number of carbonyl (C=O) groups is 3. The molecule has 0 bridgehead atoms. The Kier molecular flexibility index (Phi) is 6.04. The maximum Gasteiger partial charge on any atom is 0.328 e. The van der Waals surface area contributed by atoms with Crippen LogP contribution < -0.4 is 10.2 Å². The van der Waals surface area contributed by atoms with E-state index in [1.54, 1.807) is 4.90 Å². The smallest absolute Gasteiger partial charge is 0.328 e. The van der Waals surface area contributed by atoms with E-state index >= 15 is 0 Å². The number of imide groups is 1. The highest BCUT2D eigenvalue weighted by molar-refractivity contribution is 6.09. The Labute approximate surface area is 171 Å². The number of aromatic nitrogens is 2. The summed E-state index contributed by atoms with van der Waals surface area (Å²) >= 11 is 0. The fourth-order valence-electron chi connectivity index (χ4n) is 4.02. The lowest BCUT2D eigenvalue weighted by atomic mass is 9.85. The standard InChI is InChI=1S/C20H30N6O3/c1-5-15-10-22-18(23-11-15)24-8-6-20(7-9-24)17(28)25(13-16(27)21-4)19(29)26(20)12-14(2)3/h10-11,14H,5-9,12-13H2,1-4H3,(H,21,27). The van der Waals surface area contributed by atoms with Gasteiger partial charge in [-0.2, -0.15) is 0 Å². The topological polar surface area (TPSA) is 98.7 Å². The summed E-state index contributed by atoms with van der Waals surface area (Å²) in [5.74, 6) is 0.238. The van der Waals surface area contributed by atoms with Crippen LogP contribution in [0.4, 0.5) is 10.7 Å². The van der Waals surface area contributed by atoms with Crippen LogP contribution in [0.2, 0.25) is 0 Å². The van der Waals surface area contributed by atoms with Gasteiger partial charge in [-0.15, -0.1) is 0 Å². The molecule has 3 heterocycles. The Morgan fingerprint density at radius 1 is 1.21 bits per heavy atom. The molecule has 29 heavy (non-hydrogen) atoms. The van der Waals surface area contributed by atoms with E-state index in [9.17, 15) is 14.4 Å². The van der Waals surface area contributed by atoms with Crippen molar-refractivity contribution in [1.29, 1.82) is 0 Å². The van der Waals surface area contributed by atoms with E-state index in [4.69, 9.17) is 0 Å². The summed E-state index contributed by atoms with van der Waals surface area (Å²) in [7, 11) is 1.50. The lowest BCUT2D eigenvalue weighted by molar-refractivity contribution is -0.137. The first-order chi connectivity index (χ1) is 13.8. The molecule has 9 heteroatoms. The third-order valence-electron chi connectivity index (χ3n) is 5.72. The second kappa shape index (κ2) is 8.34. The van der Waals surface area contributed by atoms with E-state index in [0.29, 0.717) is 38.4 Å². The molecule has 0 aliphatic carbocycles. The minimum absolute atomic E-state index is 0.214. The van der Waals surface area contributed by atoms with E-state index in [2.05, 4.69) is 27.1 Å². The van der Waals surface area contributed by atoms with Gasteiger partial charge in [-0.1, -0.05) is 20.8 Å². The highest BCUT2D eigenvalue weighted by atomic mass is 16.2. The first-order valence-corrected chi connectivity index (χ1v) is 10.2. The Hall–Kier alpha value is -2.71. The zero-order valence-electron chi connectivity index (χ0n) is 17.6. The molecule has 0 radical (unpaired) electrons. The zero-order chi connectivity index (χ0) is 21.2. The van der Waals surface area contributed by atoms with E-state index in [1.807, 2.05) is 26.2 Å². The predicted octanol–water partition coefficient (Wildman–Crippen LogP) is 1.04. The van der Waals surface area contributed by atoms with Gasteiger partial charge in [-0.3, -0.25) is 14.5 Å². The normalized spacial score (nSPS) is 18.9. The molecule has 2 aliphatic heterocycles. The summed E-state index contributed by atoms with van der Waals surface area (Å²) in [6.45, 7) is 7.49. The van der Waals surface area contributed by atoms with Gasteiger partial charge in [0.1, 0.15) is 12.1 Å². The third kappa shape index (κ3) is 3.90. The first kappa shape index (κ1) is 21.0. The highest BCUT2D eigenvalue weighted by Crippen LogP contribution is 2.38. The summed E-state index contributed by atoms with van der Waals surface area (Å²) < 4.78 is 0. The molecule has 1 N–H and O–H groups in total. The van der Waals surface area contributed by atoms with Gasteiger partial charge in [-0.25, -0.2) is 14.8 Å². The van der Waals surface area contributed by atoms with Crippen molar-refractivity contribution < 1.29 is 14.4 Å². The highest BCUT2D eigenvalue weighted by Gasteiger charge is 2.58. The Bertz CT molecular complexity index is 771. The van der Waals surface area contributed by atoms with Crippen molar-refractivity contribution >= 4 is 23.8 Å². The van der Waals surface area contributed by atoms with Crippen LogP contribution in [-0.2, 0) is 16.0 Å². The van der Waals surface area contributed by atoms with Gasteiger partial charge in [0.15, 0.2) is 0 Å². The van der Waals surface area contributed by atoms with Gasteiger partial charge >= 0.3 is 6.03 Å². The number of urea groups is 1. The SMILES string of the molecule is CCc1cnc(N2CCC3(CC2)C(=O)N(CC(=O)NC)C(=O)N3CC(C)C)nc1. The summed E-state index contributed by atoms with van der Waals surface area (Å²) in [5.41, 5.74) is 0.182. The maximum atomic E-state index is 13.3. The summed E-state index contributed by atoms with van der Waals surface area (Å²) in [4.78, 5) is 51.9. The lowest BCUT2D eigenvalue weighted by Gasteiger charge is -2.42. The zero-order valence-corrected chi connectivity index (χ0v) is 17.6. The van der Waals surface area contributed by atoms with Gasteiger partial charge in [0.05, 0.1) is 0 Å². The molecule has 1 aromatic rings. The van der Waals surface area contributed by atoms with Gasteiger partial charge < -0.3 is 15.1 Å². The van der Waals surface area contributed by atoms with Crippen LogP contribution in [-0.4, -0.2) is 76.4 Å². The Morgan fingerprint density at radius 3 is 2.34 bits per heavy atom. The number of hydrogen-bond donors (Lipinski definition) is 1. The maximum absolute atomic E-state index is 13.3. The van der Waals surface area contributed by atoms with Gasteiger partial charge in [-0.05, 0) is 30.7 Å². The fourth-order valence-corrected chi connectivity index (χ4v) is 4.02. The molecule has 2 aliphatic rings. The molecule has 158 valence electrons. The average molecular weight is 402 g/mol.